The minimum atomic E-state index is -0.345. The highest BCUT2D eigenvalue weighted by Crippen LogP contribution is 2.59. The Morgan fingerprint density at radius 3 is 2.69 bits per heavy atom. The van der Waals surface area contributed by atoms with Crippen LogP contribution in [0.3, 0.4) is 0 Å². The van der Waals surface area contributed by atoms with Crippen LogP contribution >= 0.6 is 22.6 Å². The first kappa shape index (κ1) is 23.9. The summed E-state index contributed by atoms with van der Waals surface area (Å²) in [6.45, 7) is 9.12. The number of rotatable bonds is 7. The van der Waals surface area contributed by atoms with Crippen molar-refractivity contribution in [3.63, 3.8) is 0 Å². The first-order valence-corrected chi connectivity index (χ1v) is 12.4. The summed E-state index contributed by atoms with van der Waals surface area (Å²) in [4.78, 5) is 12.7. The van der Waals surface area contributed by atoms with E-state index >= 15 is 0 Å². The maximum Gasteiger partial charge on any atom is 0.331 e. The Kier molecular flexibility index (Phi) is 6.88. The van der Waals surface area contributed by atoms with Gasteiger partial charge in [0.1, 0.15) is 23.4 Å². The van der Waals surface area contributed by atoms with Gasteiger partial charge in [-0.2, -0.15) is 0 Å². The molecular formula is C26H33IO5. The molecule has 0 N–H and O–H groups in total. The Bertz CT molecular complexity index is 910. The van der Waals surface area contributed by atoms with Crippen molar-refractivity contribution < 1.29 is 23.7 Å². The molecule has 0 aromatic heterocycles. The number of allylic oxidation sites excluding steroid dienone is 1. The SMILES string of the molecule is CO[C@@H]1[C@H](OC(=O)/C=C/c2cc(C)cc(I)c2)CC[C@]2(CO2)[C@H]1[C@@]1(C)O[C@@H]1CC=C(C)C. The van der Waals surface area contributed by atoms with Crippen LogP contribution in [0.4, 0.5) is 0 Å². The zero-order valence-corrected chi connectivity index (χ0v) is 21.7. The van der Waals surface area contributed by atoms with E-state index in [4.69, 9.17) is 18.9 Å². The summed E-state index contributed by atoms with van der Waals surface area (Å²) in [6.07, 6.45) is 7.56. The van der Waals surface area contributed by atoms with Gasteiger partial charge < -0.3 is 18.9 Å². The normalized spacial score (nSPS) is 35.7. The van der Waals surface area contributed by atoms with E-state index in [1.54, 1.807) is 7.11 Å². The third-order valence-electron chi connectivity index (χ3n) is 6.98. The van der Waals surface area contributed by atoms with Gasteiger partial charge >= 0.3 is 5.97 Å². The monoisotopic (exact) mass is 552 g/mol. The zero-order chi connectivity index (χ0) is 23.1. The molecule has 2 saturated heterocycles. The molecule has 2 aliphatic heterocycles. The maximum atomic E-state index is 12.7. The number of hydrogen-bond donors (Lipinski definition) is 0. The number of benzene rings is 1. The van der Waals surface area contributed by atoms with Gasteiger partial charge in [-0.15, -0.1) is 0 Å². The van der Waals surface area contributed by atoms with Crippen LogP contribution in [0.25, 0.3) is 6.08 Å². The van der Waals surface area contributed by atoms with Gasteiger partial charge in [-0.1, -0.05) is 17.7 Å². The third-order valence-corrected chi connectivity index (χ3v) is 7.60. The highest BCUT2D eigenvalue weighted by atomic mass is 127. The van der Waals surface area contributed by atoms with Crippen LogP contribution < -0.4 is 0 Å². The molecule has 32 heavy (non-hydrogen) atoms. The number of carbonyl (C=O) groups is 1. The lowest BCUT2D eigenvalue weighted by Gasteiger charge is -2.42. The van der Waals surface area contributed by atoms with Crippen LogP contribution in [0.2, 0.25) is 0 Å². The number of ether oxygens (including phenoxy) is 4. The Labute approximate surface area is 204 Å². The predicted octanol–water partition coefficient (Wildman–Crippen LogP) is 5.23. The van der Waals surface area contributed by atoms with Gasteiger partial charge in [-0.05, 0) is 98.9 Å². The molecule has 174 valence electrons. The minimum absolute atomic E-state index is 0.0319. The highest BCUT2D eigenvalue weighted by Gasteiger charge is 2.72. The molecule has 1 aliphatic carbocycles. The van der Waals surface area contributed by atoms with Gasteiger partial charge in [-0.3, -0.25) is 0 Å². The van der Waals surface area contributed by atoms with E-state index in [1.807, 2.05) is 25.1 Å². The molecule has 6 atom stereocenters. The van der Waals surface area contributed by atoms with Crippen LogP contribution in [-0.4, -0.2) is 49.2 Å². The number of aryl methyl sites for hydroxylation is 1. The molecule has 0 amide bonds. The van der Waals surface area contributed by atoms with Crippen LogP contribution in [0.1, 0.15) is 51.2 Å². The number of carbonyl (C=O) groups excluding carboxylic acids is 1. The molecule has 5 nitrogen and oxygen atoms in total. The summed E-state index contributed by atoms with van der Waals surface area (Å²) in [6, 6.07) is 6.19. The van der Waals surface area contributed by atoms with Crippen molar-refractivity contribution in [3.8, 4) is 0 Å². The van der Waals surface area contributed by atoms with Crippen molar-refractivity contribution in [1.29, 1.82) is 0 Å². The molecule has 0 bridgehead atoms. The number of hydrogen-bond acceptors (Lipinski definition) is 5. The average Bonchev–Trinajstić information content (AvgIpc) is 3.63. The lowest BCUT2D eigenvalue weighted by atomic mass is 9.68. The van der Waals surface area contributed by atoms with Crippen molar-refractivity contribution in [2.75, 3.05) is 13.7 Å². The summed E-state index contributed by atoms with van der Waals surface area (Å²) in [5.74, 6) is -0.313. The van der Waals surface area contributed by atoms with Crippen LogP contribution in [0.5, 0.6) is 0 Å². The Balaban J connectivity index is 1.46. The molecule has 1 aromatic carbocycles. The van der Waals surface area contributed by atoms with Gasteiger partial charge in [-0.25, -0.2) is 4.79 Å². The zero-order valence-electron chi connectivity index (χ0n) is 19.5. The summed E-state index contributed by atoms with van der Waals surface area (Å²) in [7, 11) is 1.70. The molecule has 2 heterocycles. The number of halogens is 1. The van der Waals surface area contributed by atoms with E-state index in [1.165, 1.54) is 11.6 Å². The number of epoxide rings is 2. The Hall–Kier alpha value is -1.22. The second-order valence-corrected chi connectivity index (χ2v) is 11.0. The molecule has 0 unspecified atom stereocenters. The summed E-state index contributed by atoms with van der Waals surface area (Å²) >= 11 is 2.28. The van der Waals surface area contributed by atoms with E-state index in [9.17, 15) is 4.79 Å². The van der Waals surface area contributed by atoms with E-state index in [0.717, 1.165) is 40.6 Å². The Morgan fingerprint density at radius 2 is 2.06 bits per heavy atom. The molecule has 0 radical (unpaired) electrons. The molecule has 3 fully saturated rings. The van der Waals surface area contributed by atoms with Gasteiger partial charge in [0.15, 0.2) is 0 Å². The number of methoxy groups -OCH3 is 1. The van der Waals surface area contributed by atoms with Crippen molar-refractivity contribution in [1.82, 2.24) is 0 Å². The first-order valence-electron chi connectivity index (χ1n) is 11.3. The van der Waals surface area contributed by atoms with Crippen molar-refractivity contribution in [3.05, 3.63) is 50.6 Å². The van der Waals surface area contributed by atoms with Gasteiger partial charge in [0, 0.05) is 16.8 Å². The lowest BCUT2D eigenvalue weighted by Crippen LogP contribution is -2.55. The van der Waals surface area contributed by atoms with E-state index < -0.39 is 0 Å². The number of esters is 1. The van der Waals surface area contributed by atoms with Gasteiger partial charge in [0.25, 0.3) is 0 Å². The molecule has 3 aliphatic rings. The van der Waals surface area contributed by atoms with E-state index in [-0.39, 0.29) is 41.4 Å². The maximum absolute atomic E-state index is 12.7. The van der Waals surface area contributed by atoms with Gasteiger partial charge in [0.05, 0.1) is 18.6 Å². The molecule has 1 saturated carbocycles. The quantitative estimate of drug-likeness (QED) is 0.152. The van der Waals surface area contributed by atoms with Gasteiger partial charge in [0.2, 0.25) is 0 Å². The molecular weight excluding hydrogens is 519 g/mol. The molecule has 1 spiro atoms. The van der Waals surface area contributed by atoms with Crippen LogP contribution in [-0.2, 0) is 23.7 Å². The summed E-state index contributed by atoms with van der Waals surface area (Å²) in [5, 5.41) is 0. The second-order valence-electron chi connectivity index (χ2n) is 9.75. The third kappa shape index (κ3) is 4.98. The smallest absolute Gasteiger partial charge is 0.331 e. The van der Waals surface area contributed by atoms with Crippen LogP contribution in [0.15, 0.2) is 35.9 Å². The topological polar surface area (TPSA) is 60.6 Å². The molecule has 4 rings (SSSR count). The fourth-order valence-corrected chi connectivity index (χ4v) is 6.13. The predicted molar refractivity (Wildman–Crippen MR) is 132 cm³/mol. The summed E-state index contributed by atoms with van der Waals surface area (Å²) < 4.78 is 25.2. The van der Waals surface area contributed by atoms with Crippen molar-refractivity contribution in [2.24, 2.45) is 5.92 Å². The lowest BCUT2D eigenvalue weighted by molar-refractivity contribution is -0.166. The van der Waals surface area contributed by atoms with E-state index in [0.29, 0.717) is 0 Å². The summed E-state index contributed by atoms with van der Waals surface area (Å²) in [5.41, 5.74) is 2.89. The fourth-order valence-electron chi connectivity index (χ4n) is 5.28. The molecule has 6 heteroatoms. The first-order chi connectivity index (χ1) is 15.2. The highest BCUT2D eigenvalue weighted by molar-refractivity contribution is 14.1. The Morgan fingerprint density at radius 1 is 1.31 bits per heavy atom. The minimum Gasteiger partial charge on any atom is -0.456 e. The standard InChI is InChI=1S/C26H33IO5/c1-16(2)6-8-21-25(4,32-21)24-23(29-5)20(10-11-26(24)15-30-26)31-22(28)9-7-18-12-17(3)13-19(27)14-18/h6-7,9,12-14,20-21,23-24H,8,10-11,15H2,1-5H3/b9-7+/t20-,21-,23-,24-,25+,26+/m1/s1. The van der Waals surface area contributed by atoms with E-state index in [2.05, 4.69) is 55.5 Å². The van der Waals surface area contributed by atoms with Crippen LogP contribution in [0, 0.1) is 16.4 Å². The molecule has 1 aromatic rings. The van der Waals surface area contributed by atoms with Crippen molar-refractivity contribution in [2.45, 2.75) is 76.5 Å². The van der Waals surface area contributed by atoms with Crippen molar-refractivity contribution >= 4 is 34.6 Å². The fraction of sp³-hybridized carbons (Fsp3) is 0.577. The average molecular weight is 552 g/mol. The largest absolute Gasteiger partial charge is 0.456 e. The second kappa shape index (κ2) is 9.20.